The molecule has 3 nitrogen and oxygen atoms in total. The van der Waals surface area contributed by atoms with Gasteiger partial charge in [-0.3, -0.25) is 9.67 Å². The second-order valence-electron chi connectivity index (χ2n) is 4.29. The Hall–Kier alpha value is -1.49. The van der Waals surface area contributed by atoms with Gasteiger partial charge in [-0.05, 0) is 43.3 Å². The highest BCUT2D eigenvalue weighted by atomic mass is 32.1. The number of aromatic nitrogens is 3. The Kier molecular flexibility index (Phi) is 3.91. The van der Waals surface area contributed by atoms with Crippen molar-refractivity contribution in [3.63, 3.8) is 0 Å². The van der Waals surface area contributed by atoms with E-state index in [1.807, 2.05) is 11.5 Å². The number of aryl methyl sites for hydroxylation is 1. The Labute approximate surface area is 111 Å². The summed E-state index contributed by atoms with van der Waals surface area (Å²) in [6.07, 6.45) is 1.88. The van der Waals surface area contributed by atoms with E-state index in [1.54, 1.807) is 12.1 Å². The van der Waals surface area contributed by atoms with Gasteiger partial charge in [-0.1, -0.05) is 19.1 Å². The van der Waals surface area contributed by atoms with Crippen LogP contribution in [0.15, 0.2) is 24.3 Å². The fraction of sp³-hybridized carbons (Fsp3) is 0.385. The molecule has 0 amide bonds. The number of H-pyrrole nitrogens is 1. The van der Waals surface area contributed by atoms with Crippen molar-refractivity contribution in [2.24, 2.45) is 0 Å². The van der Waals surface area contributed by atoms with Crippen LogP contribution in [0.2, 0.25) is 0 Å². The van der Waals surface area contributed by atoms with Gasteiger partial charge in [0.2, 0.25) is 0 Å². The van der Waals surface area contributed by atoms with E-state index in [0.717, 1.165) is 24.2 Å². The van der Waals surface area contributed by atoms with E-state index in [-0.39, 0.29) is 11.9 Å². The Morgan fingerprint density at radius 1 is 1.39 bits per heavy atom. The second-order valence-corrected chi connectivity index (χ2v) is 4.68. The van der Waals surface area contributed by atoms with Crippen LogP contribution in [0.25, 0.3) is 0 Å². The maximum Gasteiger partial charge on any atom is 0.195 e. The van der Waals surface area contributed by atoms with Crippen molar-refractivity contribution in [2.75, 3.05) is 0 Å². The molecule has 1 aromatic carbocycles. The third-order valence-electron chi connectivity index (χ3n) is 2.99. The maximum absolute atomic E-state index is 12.9. The predicted octanol–water partition coefficient (Wildman–Crippen LogP) is 3.64. The van der Waals surface area contributed by atoms with Crippen molar-refractivity contribution in [1.29, 1.82) is 0 Å². The third kappa shape index (κ3) is 2.51. The van der Waals surface area contributed by atoms with Gasteiger partial charge < -0.3 is 0 Å². The summed E-state index contributed by atoms with van der Waals surface area (Å²) in [5.41, 5.74) is 1.02. The van der Waals surface area contributed by atoms with E-state index in [9.17, 15) is 4.39 Å². The van der Waals surface area contributed by atoms with Crippen molar-refractivity contribution in [1.82, 2.24) is 14.8 Å². The minimum Gasteiger partial charge on any atom is -0.297 e. The minimum absolute atomic E-state index is 0.0541. The summed E-state index contributed by atoms with van der Waals surface area (Å²) in [7, 11) is 0. The van der Waals surface area contributed by atoms with Gasteiger partial charge in [0.05, 0.1) is 6.04 Å². The van der Waals surface area contributed by atoms with Crippen LogP contribution in [-0.2, 0) is 6.42 Å². The molecule has 0 aliphatic carbocycles. The lowest BCUT2D eigenvalue weighted by molar-refractivity contribution is 0.584. The summed E-state index contributed by atoms with van der Waals surface area (Å²) >= 11 is 5.26. The van der Waals surface area contributed by atoms with Crippen LogP contribution in [0, 0.1) is 10.6 Å². The highest BCUT2D eigenvalue weighted by Crippen LogP contribution is 2.20. The van der Waals surface area contributed by atoms with Gasteiger partial charge in [0.1, 0.15) is 11.6 Å². The lowest BCUT2D eigenvalue weighted by atomic mass is 10.1. The number of rotatable bonds is 4. The van der Waals surface area contributed by atoms with E-state index in [2.05, 4.69) is 17.1 Å². The van der Waals surface area contributed by atoms with Crippen molar-refractivity contribution in [3.8, 4) is 0 Å². The molecule has 0 spiro atoms. The summed E-state index contributed by atoms with van der Waals surface area (Å²) in [4.78, 5) is 0. The van der Waals surface area contributed by atoms with Gasteiger partial charge in [0.25, 0.3) is 0 Å². The SMILES string of the molecule is CCCc1n[nH]c(=S)n1C(C)c1ccc(F)cc1. The molecule has 5 heteroatoms. The molecule has 0 saturated heterocycles. The first-order valence-corrected chi connectivity index (χ1v) is 6.45. The first-order chi connectivity index (χ1) is 8.63. The minimum atomic E-state index is -0.226. The molecule has 1 heterocycles. The summed E-state index contributed by atoms with van der Waals surface area (Å²) in [6.45, 7) is 4.14. The van der Waals surface area contributed by atoms with E-state index in [1.165, 1.54) is 12.1 Å². The number of aromatic amines is 1. The first kappa shape index (κ1) is 13.0. The van der Waals surface area contributed by atoms with Gasteiger partial charge >= 0.3 is 0 Å². The van der Waals surface area contributed by atoms with Crippen LogP contribution in [0.3, 0.4) is 0 Å². The Balaban J connectivity index is 2.38. The predicted molar refractivity (Wildman–Crippen MR) is 71.6 cm³/mol. The zero-order valence-electron chi connectivity index (χ0n) is 10.5. The summed E-state index contributed by atoms with van der Waals surface area (Å²) in [5.74, 6) is 0.717. The Morgan fingerprint density at radius 2 is 2.06 bits per heavy atom. The summed E-state index contributed by atoms with van der Waals surface area (Å²) in [6, 6.07) is 6.55. The normalized spacial score (nSPS) is 12.6. The molecule has 96 valence electrons. The molecule has 0 aliphatic rings. The zero-order valence-corrected chi connectivity index (χ0v) is 11.3. The quantitative estimate of drug-likeness (QED) is 0.856. The molecule has 2 aromatic rings. The average molecular weight is 265 g/mol. The molecule has 0 bridgehead atoms. The summed E-state index contributed by atoms with van der Waals surface area (Å²) in [5, 5.41) is 7.07. The molecule has 1 aromatic heterocycles. The molecule has 0 saturated carbocycles. The fourth-order valence-electron chi connectivity index (χ4n) is 2.03. The largest absolute Gasteiger partial charge is 0.297 e. The lowest BCUT2D eigenvalue weighted by Crippen LogP contribution is -2.11. The Morgan fingerprint density at radius 3 is 2.67 bits per heavy atom. The van der Waals surface area contributed by atoms with Crippen LogP contribution in [0.5, 0.6) is 0 Å². The van der Waals surface area contributed by atoms with Crippen molar-refractivity contribution in [2.45, 2.75) is 32.7 Å². The van der Waals surface area contributed by atoms with Gasteiger partial charge in [-0.15, -0.1) is 0 Å². The number of halogens is 1. The molecule has 0 radical (unpaired) electrons. The first-order valence-electron chi connectivity index (χ1n) is 6.04. The van der Waals surface area contributed by atoms with Gasteiger partial charge in [-0.2, -0.15) is 5.10 Å². The number of benzene rings is 1. The molecular weight excluding hydrogens is 249 g/mol. The number of hydrogen-bond acceptors (Lipinski definition) is 2. The smallest absolute Gasteiger partial charge is 0.195 e. The maximum atomic E-state index is 12.9. The third-order valence-corrected chi connectivity index (χ3v) is 3.28. The van der Waals surface area contributed by atoms with Gasteiger partial charge in [0.15, 0.2) is 4.77 Å². The molecule has 1 unspecified atom stereocenters. The van der Waals surface area contributed by atoms with Crippen LogP contribution in [0.4, 0.5) is 4.39 Å². The van der Waals surface area contributed by atoms with E-state index >= 15 is 0 Å². The number of nitrogens with one attached hydrogen (secondary N) is 1. The fourth-order valence-corrected chi connectivity index (χ4v) is 2.34. The average Bonchev–Trinajstić information content (AvgIpc) is 2.71. The topological polar surface area (TPSA) is 33.6 Å². The molecule has 2 rings (SSSR count). The molecular formula is C13H16FN3S. The lowest BCUT2D eigenvalue weighted by Gasteiger charge is -2.15. The van der Waals surface area contributed by atoms with Crippen molar-refractivity contribution >= 4 is 12.2 Å². The number of hydrogen-bond donors (Lipinski definition) is 1. The Bertz CT molecular complexity index is 571. The van der Waals surface area contributed by atoms with E-state index < -0.39 is 0 Å². The second kappa shape index (κ2) is 5.44. The van der Waals surface area contributed by atoms with Gasteiger partial charge in [0, 0.05) is 6.42 Å². The van der Waals surface area contributed by atoms with Crippen molar-refractivity contribution in [3.05, 3.63) is 46.2 Å². The van der Waals surface area contributed by atoms with Gasteiger partial charge in [-0.25, -0.2) is 4.39 Å². The number of nitrogens with zero attached hydrogens (tertiary/aromatic N) is 2. The highest BCUT2D eigenvalue weighted by molar-refractivity contribution is 7.71. The summed E-state index contributed by atoms with van der Waals surface area (Å²) < 4.78 is 15.5. The van der Waals surface area contributed by atoms with Crippen LogP contribution < -0.4 is 0 Å². The van der Waals surface area contributed by atoms with Crippen LogP contribution in [-0.4, -0.2) is 14.8 Å². The molecule has 0 aliphatic heterocycles. The van der Waals surface area contributed by atoms with Crippen molar-refractivity contribution < 1.29 is 4.39 Å². The molecule has 1 N–H and O–H groups in total. The van der Waals surface area contributed by atoms with E-state index in [4.69, 9.17) is 12.2 Å². The van der Waals surface area contributed by atoms with E-state index in [0.29, 0.717) is 4.77 Å². The molecule has 1 atom stereocenters. The molecule has 18 heavy (non-hydrogen) atoms. The van der Waals surface area contributed by atoms with Crippen LogP contribution in [0.1, 0.15) is 37.7 Å². The van der Waals surface area contributed by atoms with Crippen LogP contribution >= 0.6 is 12.2 Å². The zero-order chi connectivity index (χ0) is 13.1. The highest BCUT2D eigenvalue weighted by Gasteiger charge is 2.14. The standard InChI is InChI=1S/C13H16FN3S/c1-3-4-12-15-16-13(18)17(12)9(2)10-5-7-11(14)8-6-10/h5-9H,3-4H2,1-2H3,(H,16,18). The monoisotopic (exact) mass is 265 g/mol. The molecule has 0 fully saturated rings.